The number of amides is 1. The number of alkyl halides is 3. The number of hydrogen-bond donors (Lipinski definition) is 1. The molecule has 0 aliphatic rings. The molecule has 0 unspecified atom stereocenters. The average molecular weight is 441 g/mol. The number of halogens is 5. The molecule has 0 aliphatic heterocycles. The zero-order valence-electron chi connectivity index (χ0n) is 15.8. The molecular weight excluding hydrogens is 425 g/mol. The van der Waals surface area contributed by atoms with Gasteiger partial charge in [0.15, 0.2) is 5.13 Å². The first-order valence-electron chi connectivity index (χ1n) is 8.63. The van der Waals surface area contributed by atoms with Gasteiger partial charge < -0.3 is 4.90 Å². The molecular formula is C20H16F5N3OS. The number of benzene rings is 2. The molecule has 158 valence electrons. The minimum Gasteiger partial charge on any atom is -0.304 e. The molecule has 0 bridgehead atoms. The summed E-state index contributed by atoms with van der Waals surface area (Å²) in [5.41, 5.74) is -0.879. The van der Waals surface area contributed by atoms with E-state index in [4.69, 9.17) is 0 Å². The van der Waals surface area contributed by atoms with Crippen molar-refractivity contribution < 1.29 is 26.7 Å². The lowest BCUT2D eigenvalue weighted by atomic mass is 10.1. The Morgan fingerprint density at radius 2 is 1.73 bits per heavy atom. The van der Waals surface area contributed by atoms with Gasteiger partial charge in [0.2, 0.25) is 0 Å². The van der Waals surface area contributed by atoms with Crippen LogP contribution in [-0.2, 0) is 12.7 Å². The third-order valence-corrected chi connectivity index (χ3v) is 5.09. The molecule has 2 aromatic carbocycles. The van der Waals surface area contributed by atoms with E-state index in [0.29, 0.717) is 10.6 Å². The molecule has 0 radical (unpaired) electrons. The highest BCUT2D eigenvalue weighted by atomic mass is 32.1. The quantitative estimate of drug-likeness (QED) is 0.538. The van der Waals surface area contributed by atoms with Crippen molar-refractivity contribution in [3.05, 3.63) is 70.9 Å². The molecule has 1 N–H and O–H groups in total. The number of nitrogens with one attached hydrogen (secondary N) is 1. The van der Waals surface area contributed by atoms with Crippen molar-refractivity contribution in [1.29, 1.82) is 0 Å². The Kier molecular flexibility index (Phi) is 6.18. The number of rotatable bonds is 5. The Labute approximate surface area is 173 Å². The normalized spacial score (nSPS) is 11.7. The van der Waals surface area contributed by atoms with Gasteiger partial charge in [-0.3, -0.25) is 10.1 Å². The standard InChI is InChI=1S/C20H16F5N3OS/c1-28(2)10-15-17(11-5-3-6-12(9-11)20(23,24)25)30-19(26-15)27-18(29)16-13(21)7-4-8-14(16)22/h3-9H,10H2,1-2H3,(H,26,27,29). The summed E-state index contributed by atoms with van der Waals surface area (Å²) >= 11 is 0.927. The molecule has 0 atom stereocenters. The van der Waals surface area contributed by atoms with Crippen molar-refractivity contribution in [2.45, 2.75) is 12.7 Å². The zero-order valence-corrected chi connectivity index (χ0v) is 16.7. The second-order valence-electron chi connectivity index (χ2n) is 6.66. The van der Waals surface area contributed by atoms with Gasteiger partial charge in [0.25, 0.3) is 5.91 Å². The summed E-state index contributed by atoms with van der Waals surface area (Å²) in [4.78, 5) is 18.8. The van der Waals surface area contributed by atoms with Crippen molar-refractivity contribution in [2.75, 3.05) is 19.4 Å². The number of anilines is 1. The molecule has 30 heavy (non-hydrogen) atoms. The van der Waals surface area contributed by atoms with E-state index in [9.17, 15) is 26.7 Å². The molecule has 0 aliphatic carbocycles. The second kappa shape index (κ2) is 8.49. The lowest BCUT2D eigenvalue weighted by molar-refractivity contribution is -0.137. The molecule has 10 heteroatoms. The number of carbonyl (C=O) groups excluding carboxylic acids is 1. The fourth-order valence-electron chi connectivity index (χ4n) is 2.75. The van der Waals surface area contributed by atoms with Gasteiger partial charge in [-0.15, -0.1) is 0 Å². The first kappa shape index (κ1) is 21.8. The smallest absolute Gasteiger partial charge is 0.304 e. The summed E-state index contributed by atoms with van der Waals surface area (Å²) in [6.07, 6.45) is -4.51. The summed E-state index contributed by atoms with van der Waals surface area (Å²) < 4.78 is 67.0. The number of nitrogens with zero attached hydrogens (tertiary/aromatic N) is 2. The summed E-state index contributed by atoms with van der Waals surface area (Å²) in [5.74, 6) is -3.10. The summed E-state index contributed by atoms with van der Waals surface area (Å²) in [6.45, 7) is 0.284. The van der Waals surface area contributed by atoms with Crippen LogP contribution in [0.15, 0.2) is 42.5 Å². The van der Waals surface area contributed by atoms with E-state index in [2.05, 4.69) is 10.3 Å². The SMILES string of the molecule is CN(C)Cc1nc(NC(=O)c2c(F)cccc2F)sc1-c1cccc(C(F)(F)F)c1. The average Bonchev–Trinajstić information content (AvgIpc) is 3.02. The maximum atomic E-state index is 13.9. The van der Waals surface area contributed by atoms with Gasteiger partial charge in [-0.1, -0.05) is 29.5 Å². The van der Waals surface area contributed by atoms with E-state index in [0.717, 1.165) is 41.7 Å². The Morgan fingerprint density at radius 3 is 2.33 bits per heavy atom. The Balaban J connectivity index is 1.99. The molecule has 3 rings (SSSR count). The van der Waals surface area contributed by atoms with Crippen LogP contribution in [0.2, 0.25) is 0 Å². The van der Waals surface area contributed by atoms with Gasteiger partial charge in [-0.05, 0) is 43.9 Å². The minimum atomic E-state index is -4.51. The minimum absolute atomic E-state index is 0.0203. The topological polar surface area (TPSA) is 45.2 Å². The number of aromatic nitrogens is 1. The van der Waals surface area contributed by atoms with Crippen LogP contribution in [0.4, 0.5) is 27.1 Å². The Morgan fingerprint density at radius 1 is 1.10 bits per heavy atom. The molecule has 4 nitrogen and oxygen atoms in total. The lowest BCUT2D eigenvalue weighted by Crippen LogP contribution is -2.16. The van der Waals surface area contributed by atoms with Crippen molar-refractivity contribution in [3.8, 4) is 10.4 Å². The molecule has 1 heterocycles. The number of hydrogen-bond acceptors (Lipinski definition) is 4. The highest BCUT2D eigenvalue weighted by molar-refractivity contribution is 7.19. The third kappa shape index (κ3) is 4.82. The van der Waals surface area contributed by atoms with Crippen molar-refractivity contribution in [3.63, 3.8) is 0 Å². The van der Waals surface area contributed by atoms with Gasteiger partial charge in [0.05, 0.1) is 16.1 Å². The van der Waals surface area contributed by atoms with Gasteiger partial charge in [-0.2, -0.15) is 13.2 Å². The fourth-order valence-corrected chi connectivity index (χ4v) is 3.71. The highest BCUT2D eigenvalue weighted by Gasteiger charge is 2.31. The lowest BCUT2D eigenvalue weighted by Gasteiger charge is -2.11. The zero-order chi connectivity index (χ0) is 22.1. The summed E-state index contributed by atoms with van der Waals surface area (Å²) in [6, 6.07) is 7.77. The first-order chi connectivity index (χ1) is 14.1. The van der Waals surface area contributed by atoms with Crippen LogP contribution >= 0.6 is 11.3 Å². The molecule has 0 saturated carbocycles. The highest BCUT2D eigenvalue weighted by Crippen LogP contribution is 2.37. The number of carbonyl (C=O) groups is 1. The van der Waals surface area contributed by atoms with Gasteiger partial charge in [0, 0.05) is 6.54 Å². The molecule has 0 spiro atoms. The second-order valence-corrected chi connectivity index (χ2v) is 7.66. The fraction of sp³-hybridized carbons (Fsp3) is 0.200. The maximum Gasteiger partial charge on any atom is 0.416 e. The van der Waals surface area contributed by atoms with Gasteiger partial charge in [-0.25, -0.2) is 13.8 Å². The largest absolute Gasteiger partial charge is 0.416 e. The van der Waals surface area contributed by atoms with Crippen LogP contribution in [0.1, 0.15) is 21.6 Å². The number of thiazole rings is 1. The molecule has 0 fully saturated rings. The van der Waals surface area contributed by atoms with Gasteiger partial charge >= 0.3 is 6.18 Å². The van der Waals surface area contributed by atoms with E-state index in [1.165, 1.54) is 12.1 Å². The van der Waals surface area contributed by atoms with Crippen molar-refractivity contribution in [1.82, 2.24) is 9.88 Å². The van der Waals surface area contributed by atoms with Crippen LogP contribution in [0, 0.1) is 11.6 Å². The van der Waals surface area contributed by atoms with Crippen LogP contribution in [-0.4, -0.2) is 29.9 Å². The summed E-state index contributed by atoms with van der Waals surface area (Å²) in [7, 11) is 3.50. The van der Waals surface area contributed by atoms with E-state index >= 15 is 0 Å². The molecule has 0 saturated heterocycles. The van der Waals surface area contributed by atoms with Crippen LogP contribution in [0.5, 0.6) is 0 Å². The van der Waals surface area contributed by atoms with E-state index in [1.54, 1.807) is 19.0 Å². The predicted octanol–water partition coefficient (Wildman–Crippen LogP) is 5.42. The Bertz CT molecular complexity index is 1060. The third-order valence-electron chi connectivity index (χ3n) is 4.03. The van der Waals surface area contributed by atoms with E-state index in [1.807, 2.05) is 0 Å². The molecule has 1 aromatic heterocycles. The Hall–Kier alpha value is -2.85. The predicted molar refractivity (Wildman–Crippen MR) is 104 cm³/mol. The van der Waals surface area contributed by atoms with Crippen LogP contribution in [0.3, 0.4) is 0 Å². The molecule has 3 aromatic rings. The first-order valence-corrected chi connectivity index (χ1v) is 9.45. The summed E-state index contributed by atoms with van der Waals surface area (Å²) in [5, 5.41) is 2.36. The monoisotopic (exact) mass is 441 g/mol. The van der Waals surface area contributed by atoms with Crippen LogP contribution < -0.4 is 5.32 Å². The van der Waals surface area contributed by atoms with Crippen molar-refractivity contribution in [2.24, 2.45) is 0 Å². The van der Waals surface area contributed by atoms with Crippen molar-refractivity contribution >= 4 is 22.4 Å². The molecule has 1 amide bonds. The maximum absolute atomic E-state index is 13.9. The van der Waals surface area contributed by atoms with E-state index < -0.39 is 34.8 Å². The van der Waals surface area contributed by atoms with E-state index in [-0.39, 0.29) is 17.2 Å². The van der Waals surface area contributed by atoms with Crippen LogP contribution in [0.25, 0.3) is 10.4 Å². The van der Waals surface area contributed by atoms with Gasteiger partial charge in [0.1, 0.15) is 17.2 Å².